The first-order valence-electron chi connectivity index (χ1n) is 9.93. The maximum atomic E-state index is 13.1. The van der Waals surface area contributed by atoms with Crippen LogP contribution in [0, 0.1) is 5.92 Å². The number of carbonyl (C=O) groups excluding carboxylic acids is 1. The minimum atomic E-state index is -0.119. The molecule has 0 radical (unpaired) electrons. The van der Waals surface area contributed by atoms with Crippen molar-refractivity contribution in [2.24, 2.45) is 5.92 Å². The molecule has 6 nitrogen and oxygen atoms in total. The van der Waals surface area contributed by atoms with Gasteiger partial charge in [-0.25, -0.2) is 0 Å². The molecule has 0 unspecified atom stereocenters. The summed E-state index contributed by atoms with van der Waals surface area (Å²) < 4.78 is 11.3. The Balaban J connectivity index is 1.36. The van der Waals surface area contributed by atoms with E-state index in [1.807, 2.05) is 35.5 Å². The number of rotatable bonds is 4. The zero-order valence-electron chi connectivity index (χ0n) is 16.3. The van der Waals surface area contributed by atoms with E-state index in [2.05, 4.69) is 22.0 Å². The van der Waals surface area contributed by atoms with Gasteiger partial charge in [-0.3, -0.25) is 14.7 Å². The maximum Gasteiger partial charge on any atom is 0.229 e. The largest absolute Gasteiger partial charge is 0.493 e. The summed E-state index contributed by atoms with van der Waals surface area (Å²) in [6.45, 7) is 4.81. The van der Waals surface area contributed by atoms with Crippen molar-refractivity contribution in [1.82, 2.24) is 14.8 Å². The number of methoxy groups -OCH3 is 1. The molecule has 4 rings (SSSR count). The summed E-state index contributed by atoms with van der Waals surface area (Å²) in [5.74, 6) is 1.61. The third kappa shape index (κ3) is 4.12. The predicted molar refractivity (Wildman–Crippen MR) is 106 cm³/mol. The summed E-state index contributed by atoms with van der Waals surface area (Å²) in [6.07, 6.45) is 5.37. The van der Waals surface area contributed by atoms with E-state index >= 15 is 0 Å². The summed E-state index contributed by atoms with van der Waals surface area (Å²) in [5.41, 5.74) is 2.32. The summed E-state index contributed by atoms with van der Waals surface area (Å²) in [5, 5.41) is 0. The minimum Gasteiger partial charge on any atom is -0.493 e. The third-order valence-corrected chi connectivity index (χ3v) is 5.58. The SMILES string of the molecule is COc1cccc2c1OC[C@H](C(=O)N1CCCN(Cc3ccncc3)CC1)C2. The van der Waals surface area contributed by atoms with Crippen LogP contribution in [0.25, 0.3) is 0 Å². The molecule has 2 aliphatic rings. The smallest absolute Gasteiger partial charge is 0.229 e. The van der Waals surface area contributed by atoms with Crippen molar-refractivity contribution in [3.05, 3.63) is 53.9 Å². The van der Waals surface area contributed by atoms with Crippen LogP contribution in [0.3, 0.4) is 0 Å². The first kappa shape index (κ1) is 18.7. The molecule has 3 heterocycles. The van der Waals surface area contributed by atoms with E-state index in [0.29, 0.717) is 13.0 Å². The van der Waals surface area contributed by atoms with E-state index < -0.39 is 0 Å². The van der Waals surface area contributed by atoms with Gasteiger partial charge in [0, 0.05) is 45.1 Å². The number of amides is 1. The lowest BCUT2D eigenvalue weighted by atomic mass is 9.95. The van der Waals surface area contributed by atoms with Gasteiger partial charge < -0.3 is 14.4 Å². The Morgan fingerprint density at radius 3 is 2.86 bits per heavy atom. The van der Waals surface area contributed by atoms with Gasteiger partial charge in [0.25, 0.3) is 0 Å². The molecule has 0 N–H and O–H groups in total. The van der Waals surface area contributed by atoms with Crippen LogP contribution in [0.4, 0.5) is 0 Å². The van der Waals surface area contributed by atoms with Crippen molar-refractivity contribution in [3.63, 3.8) is 0 Å². The lowest BCUT2D eigenvalue weighted by molar-refractivity contribution is -0.136. The van der Waals surface area contributed by atoms with E-state index in [0.717, 1.165) is 56.2 Å². The number of aromatic nitrogens is 1. The van der Waals surface area contributed by atoms with Crippen LogP contribution >= 0.6 is 0 Å². The zero-order valence-corrected chi connectivity index (χ0v) is 16.3. The number of fused-ring (bicyclic) bond motifs is 1. The fourth-order valence-corrected chi connectivity index (χ4v) is 4.07. The molecule has 6 heteroatoms. The Kier molecular flexibility index (Phi) is 5.76. The number of pyridine rings is 1. The van der Waals surface area contributed by atoms with Crippen molar-refractivity contribution >= 4 is 5.91 Å². The number of hydrogen-bond donors (Lipinski definition) is 0. The number of para-hydroxylation sites is 1. The van der Waals surface area contributed by atoms with E-state index in [1.54, 1.807) is 7.11 Å². The van der Waals surface area contributed by atoms with E-state index in [-0.39, 0.29) is 11.8 Å². The molecule has 1 saturated heterocycles. The molecule has 0 aliphatic carbocycles. The van der Waals surface area contributed by atoms with Gasteiger partial charge in [0.15, 0.2) is 11.5 Å². The first-order valence-corrected chi connectivity index (χ1v) is 9.93. The van der Waals surface area contributed by atoms with Gasteiger partial charge in [0.05, 0.1) is 13.0 Å². The highest BCUT2D eigenvalue weighted by atomic mass is 16.5. The molecule has 28 heavy (non-hydrogen) atoms. The molecule has 1 fully saturated rings. The predicted octanol–water partition coefficient (Wildman–Crippen LogP) is 2.38. The maximum absolute atomic E-state index is 13.1. The van der Waals surface area contributed by atoms with Gasteiger partial charge in [-0.2, -0.15) is 0 Å². The Labute approximate surface area is 166 Å². The van der Waals surface area contributed by atoms with E-state index in [9.17, 15) is 4.79 Å². The van der Waals surface area contributed by atoms with Gasteiger partial charge in [0.1, 0.15) is 6.61 Å². The molecular weight excluding hydrogens is 354 g/mol. The summed E-state index contributed by atoms with van der Waals surface area (Å²) in [7, 11) is 1.64. The summed E-state index contributed by atoms with van der Waals surface area (Å²) >= 11 is 0. The molecule has 148 valence electrons. The molecule has 0 spiro atoms. The number of ether oxygens (including phenoxy) is 2. The standard InChI is InChI=1S/C22H27N3O3/c1-27-20-5-2-4-18-14-19(16-28-21(18)20)22(26)25-11-3-10-24(12-13-25)15-17-6-8-23-9-7-17/h2,4-9,19H,3,10-16H2,1H3/t19-/m1/s1. The Hall–Kier alpha value is -2.60. The fraction of sp³-hybridized carbons (Fsp3) is 0.455. The van der Waals surface area contributed by atoms with Crippen LogP contribution in [0.2, 0.25) is 0 Å². The molecular formula is C22H27N3O3. The van der Waals surface area contributed by atoms with Crippen LogP contribution in [0.5, 0.6) is 11.5 Å². The van der Waals surface area contributed by atoms with Gasteiger partial charge in [-0.15, -0.1) is 0 Å². The highest BCUT2D eigenvalue weighted by Gasteiger charge is 2.31. The Bertz CT molecular complexity index is 812. The Morgan fingerprint density at radius 2 is 2.04 bits per heavy atom. The van der Waals surface area contributed by atoms with Crippen LogP contribution < -0.4 is 9.47 Å². The molecule has 2 aromatic rings. The van der Waals surface area contributed by atoms with Crippen molar-refractivity contribution in [2.45, 2.75) is 19.4 Å². The van der Waals surface area contributed by atoms with E-state index in [4.69, 9.17) is 9.47 Å². The van der Waals surface area contributed by atoms with Crippen molar-refractivity contribution in [2.75, 3.05) is 39.9 Å². The number of nitrogens with zero attached hydrogens (tertiary/aromatic N) is 3. The Morgan fingerprint density at radius 1 is 1.18 bits per heavy atom. The van der Waals surface area contributed by atoms with Crippen LogP contribution in [-0.2, 0) is 17.8 Å². The van der Waals surface area contributed by atoms with Crippen molar-refractivity contribution in [3.8, 4) is 11.5 Å². The van der Waals surface area contributed by atoms with Crippen LogP contribution in [-0.4, -0.2) is 60.6 Å². The lowest BCUT2D eigenvalue weighted by Crippen LogP contribution is -2.42. The van der Waals surface area contributed by atoms with Gasteiger partial charge >= 0.3 is 0 Å². The molecule has 0 saturated carbocycles. The minimum absolute atomic E-state index is 0.119. The molecule has 1 aromatic heterocycles. The highest BCUT2D eigenvalue weighted by molar-refractivity contribution is 5.80. The lowest BCUT2D eigenvalue weighted by Gasteiger charge is -2.30. The van der Waals surface area contributed by atoms with Gasteiger partial charge in [-0.05, 0) is 42.2 Å². The summed E-state index contributed by atoms with van der Waals surface area (Å²) in [6, 6.07) is 9.98. The van der Waals surface area contributed by atoms with Crippen LogP contribution in [0.1, 0.15) is 17.5 Å². The topological polar surface area (TPSA) is 54.9 Å². The van der Waals surface area contributed by atoms with Crippen LogP contribution in [0.15, 0.2) is 42.7 Å². The number of carbonyl (C=O) groups is 1. The highest BCUT2D eigenvalue weighted by Crippen LogP contribution is 2.36. The molecule has 1 aromatic carbocycles. The molecule has 0 bridgehead atoms. The quantitative estimate of drug-likeness (QED) is 0.814. The van der Waals surface area contributed by atoms with Crippen molar-refractivity contribution < 1.29 is 14.3 Å². The molecule has 1 amide bonds. The number of hydrogen-bond acceptors (Lipinski definition) is 5. The first-order chi connectivity index (χ1) is 13.7. The molecule has 2 aliphatic heterocycles. The number of benzene rings is 1. The van der Waals surface area contributed by atoms with Gasteiger partial charge in [-0.1, -0.05) is 12.1 Å². The second-order valence-corrected chi connectivity index (χ2v) is 7.47. The second-order valence-electron chi connectivity index (χ2n) is 7.47. The third-order valence-electron chi connectivity index (χ3n) is 5.58. The normalized spacial score (nSPS) is 20.0. The van der Waals surface area contributed by atoms with Crippen molar-refractivity contribution in [1.29, 1.82) is 0 Å². The fourth-order valence-electron chi connectivity index (χ4n) is 4.07. The summed E-state index contributed by atoms with van der Waals surface area (Å²) in [4.78, 5) is 21.6. The average Bonchev–Trinajstić information content (AvgIpc) is 2.98. The molecule has 1 atom stereocenters. The zero-order chi connectivity index (χ0) is 19.3. The van der Waals surface area contributed by atoms with E-state index in [1.165, 1.54) is 5.56 Å². The monoisotopic (exact) mass is 381 g/mol. The average molecular weight is 381 g/mol. The second kappa shape index (κ2) is 8.61. The van der Waals surface area contributed by atoms with Gasteiger partial charge in [0.2, 0.25) is 5.91 Å².